The molecule has 0 aliphatic carbocycles. The van der Waals surface area contributed by atoms with Crippen molar-refractivity contribution in [3.05, 3.63) is 33.8 Å². The Morgan fingerprint density at radius 1 is 1.43 bits per heavy atom. The minimum absolute atomic E-state index is 0.00610. The first kappa shape index (κ1) is 16.3. The van der Waals surface area contributed by atoms with E-state index in [2.05, 4.69) is 15.9 Å². The van der Waals surface area contributed by atoms with Crippen LogP contribution in [0.4, 0.5) is 13.2 Å². The molecule has 0 saturated carbocycles. The fourth-order valence-electron chi connectivity index (χ4n) is 2.35. The molecule has 2 atom stereocenters. The Labute approximate surface area is 128 Å². The van der Waals surface area contributed by atoms with Crippen LogP contribution in [0.15, 0.2) is 22.7 Å². The lowest BCUT2D eigenvalue weighted by molar-refractivity contribution is -0.137. The summed E-state index contributed by atoms with van der Waals surface area (Å²) in [7, 11) is 0. The monoisotopic (exact) mass is 365 g/mol. The second-order valence-corrected chi connectivity index (χ2v) is 6.13. The van der Waals surface area contributed by atoms with Crippen LogP contribution in [0.5, 0.6) is 0 Å². The topological polar surface area (TPSA) is 40.5 Å². The zero-order chi connectivity index (χ0) is 15.8. The summed E-state index contributed by atoms with van der Waals surface area (Å²) in [5, 5.41) is 9.66. The number of hydrogen-bond donors (Lipinski definition) is 1. The summed E-state index contributed by atoms with van der Waals surface area (Å²) in [6, 6.07) is 3.03. The maximum Gasteiger partial charge on any atom is 0.416 e. The highest BCUT2D eigenvalue weighted by Crippen LogP contribution is 2.32. The third-order valence-electron chi connectivity index (χ3n) is 3.67. The second kappa shape index (κ2) is 5.96. The maximum absolute atomic E-state index is 12.7. The number of hydrogen-bond acceptors (Lipinski definition) is 2. The Kier molecular flexibility index (Phi) is 4.63. The Morgan fingerprint density at radius 2 is 2.10 bits per heavy atom. The summed E-state index contributed by atoms with van der Waals surface area (Å²) in [6.07, 6.45) is -4.52. The second-order valence-electron chi connectivity index (χ2n) is 5.28. The largest absolute Gasteiger partial charge is 0.416 e. The molecule has 0 spiro atoms. The fraction of sp³-hybridized carbons (Fsp3) is 0.500. The number of alkyl halides is 3. The van der Waals surface area contributed by atoms with Crippen LogP contribution >= 0.6 is 15.9 Å². The van der Waals surface area contributed by atoms with Crippen LogP contribution in [-0.4, -0.2) is 35.1 Å². The third kappa shape index (κ3) is 3.58. The van der Waals surface area contributed by atoms with Crippen molar-refractivity contribution in [2.75, 3.05) is 13.1 Å². The van der Waals surface area contributed by atoms with Gasteiger partial charge in [-0.1, -0.05) is 6.92 Å². The van der Waals surface area contributed by atoms with Gasteiger partial charge in [-0.3, -0.25) is 4.79 Å². The zero-order valence-electron chi connectivity index (χ0n) is 11.3. The Bertz CT molecular complexity index is 548. The summed E-state index contributed by atoms with van der Waals surface area (Å²) in [5.74, 6) is -0.543. The van der Waals surface area contributed by atoms with Crippen LogP contribution in [0.2, 0.25) is 0 Å². The van der Waals surface area contributed by atoms with E-state index in [0.29, 0.717) is 24.0 Å². The molecular formula is C14H15BrF3NO2. The summed E-state index contributed by atoms with van der Waals surface area (Å²) in [4.78, 5) is 13.9. The van der Waals surface area contributed by atoms with Crippen molar-refractivity contribution >= 4 is 21.8 Å². The molecule has 0 bridgehead atoms. The lowest BCUT2D eigenvalue weighted by Gasteiger charge is -2.34. The highest BCUT2D eigenvalue weighted by Gasteiger charge is 2.33. The Morgan fingerprint density at radius 3 is 2.67 bits per heavy atom. The summed E-state index contributed by atoms with van der Waals surface area (Å²) >= 11 is 3.13. The van der Waals surface area contributed by atoms with Gasteiger partial charge in [0.15, 0.2) is 0 Å². The van der Waals surface area contributed by atoms with E-state index in [-0.39, 0.29) is 11.5 Å². The number of likely N-dealkylation sites (tertiary alicyclic amines) is 1. The van der Waals surface area contributed by atoms with Gasteiger partial charge in [-0.15, -0.1) is 0 Å². The normalized spacial score (nSPS) is 23.2. The number of piperidine rings is 1. The highest BCUT2D eigenvalue weighted by atomic mass is 79.9. The molecule has 1 aromatic rings. The van der Waals surface area contributed by atoms with Gasteiger partial charge >= 0.3 is 6.18 Å². The number of aliphatic hydroxyl groups is 1. The smallest absolute Gasteiger partial charge is 0.393 e. The standard InChI is InChI=1S/C14H15BrF3NO2/c1-8-7-19(5-4-12(8)20)13(21)10-6-9(14(16,17)18)2-3-11(10)15/h2-3,6,8,12,20H,4-5,7H2,1H3. The van der Waals surface area contributed by atoms with Crippen LogP contribution in [0.25, 0.3) is 0 Å². The van der Waals surface area contributed by atoms with Crippen molar-refractivity contribution in [2.45, 2.75) is 25.6 Å². The SMILES string of the molecule is CC1CN(C(=O)c2cc(C(F)(F)F)ccc2Br)CCC1O. The van der Waals surface area contributed by atoms with Crippen molar-refractivity contribution in [3.63, 3.8) is 0 Å². The molecule has 1 N–H and O–H groups in total. The van der Waals surface area contributed by atoms with Crippen molar-refractivity contribution < 1.29 is 23.1 Å². The van der Waals surface area contributed by atoms with E-state index in [1.807, 2.05) is 6.92 Å². The molecule has 1 aliphatic rings. The van der Waals surface area contributed by atoms with Gasteiger partial charge in [0.05, 0.1) is 17.2 Å². The van der Waals surface area contributed by atoms with E-state index in [9.17, 15) is 23.1 Å². The average Bonchev–Trinajstić information content (AvgIpc) is 2.40. The van der Waals surface area contributed by atoms with E-state index in [4.69, 9.17) is 0 Å². The number of nitrogens with zero attached hydrogens (tertiary/aromatic N) is 1. The summed E-state index contributed by atoms with van der Waals surface area (Å²) < 4.78 is 38.6. The number of carbonyl (C=O) groups excluding carboxylic acids is 1. The quantitative estimate of drug-likeness (QED) is 0.829. The lowest BCUT2D eigenvalue weighted by atomic mass is 9.96. The molecule has 2 rings (SSSR count). The molecule has 21 heavy (non-hydrogen) atoms. The minimum atomic E-state index is -4.49. The molecule has 116 valence electrons. The third-order valence-corrected chi connectivity index (χ3v) is 4.36. The molecule has 2 unspecified atom stereocenters. The van der Waals surface area contributed by atoms with E-state index < -0.39 is 23.8 Å². The molecule has 0 aromatic heterocycles. The molecule has 1 fully saturated rings. The molecule has 7 heteroatoms. The van der Waals surface area contributed by atoms with E-state index in [1.165, 1.54) is 11.0 Å². The zero-order valence-corrected chi connectivity index (χ0v) is 12.9. The molecule has 3 nitrogen and oxygen atoms in total. The van der Waals surface area contributed by atoms with Gasteiger partial charge in [-0.2, -0.15) is 13.2 Å². The van der Waals surface area contributed by atoms with Gasteiger partial charge in [0, 0.05) is 17.6 Å². The Balaban J connectivity index is 2.27. The summed E-state index contributed by atoms with van der Waals surface area (Å²) in [5.41, 5.74) is -0.854. The first-order valence-corrected chi connectivity index (χ1v) is 7.33. The van der Waals surface area contributed by atoms with Crippen molar-refractivity contribution in [1.29, 1.82) is 0 Å². The minimum Gasteiger partial charge on any atom is -0.393 e. The van der Waals surface area contributed by atoms with E-state index >= 15 is 0 Å². The van der Waals surface area contributed by atoms with Crippen LogP contribution in [0.1, 0.15) is 29.3 Å². The van der Waals surface area contributed by atoms with Crippen LogP contribution < -0.4 is 0 Å². The lowest BCUT2D eigenvalue weighted by Crippen LogP contribution is -2.45. The van der Waals surface area contributed by atoms with Gasteiger partial charge in [0.2, 0.25) is 0 Å². The Hall–Kier alpha value is -1.08. The first-order valence-electron chi connectivity index (χ1n) is 6.54. The van der Waals surface area contributed by atoms with Crippen molar-refractivity contribution in [2.24, 2.45) is 5.92 Å². The molecule has 1 aliphatic heterocycles. The van der Waals surface area contributed by atoms with Crippen molar-refractivity contribution in [1.82, 2.24) is 4.90 Å². The predicted octanol–water partition coefficient (Wildman–Crippen LogP) is 3.31. The van der Waals surface area contributed by atoms with Gasteiger partial charge in [-0.05, 0) is 46.5 Å². The molecular weight excluding hydrogens is 351 g/mol. The number of aliphatic hydroxyl groups excluding tert-OH is 1. The number of halogens is 4. The van der Waals surface area contributed by atoms with E-state index in [0.717, 1.165) is 12.1 Å². The average molecular weight is 366 g/mol. The molecule has 1 aromatic carbocycles. The highest BCUT2D eigenvalue weighted by molar-refractivity contribution is 9.10. The number of carbonyl (C=O) groups is 1. The van der Waals surface area contributed by atoms with Gasteiger partial charge in [0.25, 0.3) is 5.91 Å². The molecule has 1 heterocycles. The molecule has 0 radical (unpaired) electrons. The predicted molar refractivity (Wildman–Crippen MR) is 74.8 cm³/mol. The van der Waals surface area contributed by atoms with Crippen LogP contribution in [0, 0.1) is 5.92 Å². The van der Waals surface area contributed by atoms with E-state index in [1.54, 1.807) is 0 Å². The number of amides is 1. The van der Waals surface area contributed by atoms with Crippen LogP contribution in [-0.2, 0) is 6.18 Å². The number of rotatable bonds is 1. The van der Waals surface area contributed by atoms with Gasteiger partial charge in [-0.25, -0.2) is 0 Å². The molecule has 1 amide bonds. The van der Waals surface area contributed by atoms with Gasteiger partial charge in [0.1, 0.15) is 0 Å². The fourth-order valence-corrected chi connectivity index (χ4v) is 2.77. The summed E-state index contributed by atoms with van der Waals surface area (Å²) in [6.45, 7) is 2.49. The molecule has 1 saturated heterocycles. The first-order chi connectivity index (χ1) is 9.70. The maximum atomic E-state index is 12.7. The number of benzene rings is 1. The van der Waals surface area contributed by atoms with Gasteiger partial charge < -0.3 is 10.0 Å². The van der Waals surface area contributed by atoms with Crippen LogP contribution in [0.3, 0.4) is 0 Å². The van der Waals surface area contributed by atoms with Crippen molar-refractivity contribution in [3.8, 4) is 0 Å².